The number of carbonyl (C=O) groups excluding carboxylic acids is 1. The molecule has 0 heterocycles. The van der Waals surface area contributed by atoms with Crippen molar-refractivity contribution in [2.24, 2.45) is 0 Å². The first kappa shape index (κ1) is 12.0. The summed E-state index contributed by atoms with van der Waals surface area (Å²) in [6.07, 6.45) is 0. The summed E-state index contributed by atoms with van der Waals surface area (Å²) >= 11 is 2.99. The zero-order valence-electron chi connectivity index (χ0n) is 8.34. The van der Waals surface area contributed by atoms with Crippen LogP contribution < -0.4 is 4.74 Å². The second-order valence-electron chi connectivity index (χ2n) is 2.66. The van der Waals surface area contributed by atoms with Gasteiger partial charge < -0.3 is 9.47 Å². The van der Waals surface area contributed by atoms with Crippen molar-refractivity contribution in [3.8, 4) is 5.75 Å². The highest BCUT2D eigenvalue weighted by atomic mass is 79.9. The lowest BCUT2D eigenvalue weighted by molar-refractivity contribution is 0.0521. The van der Waals surface area contributed by atoms with Crippen molar-refractivity contribution >= 4 is 21.9 Å². The Hall–Kier alpha value is -1.10. The van der Waals surface area contributed by atoms with Gasteiger partial charge in [0.05, 0.1) is 18.2 Å². The second kappa shape index (κ2) is 5.11. The van der Waals surface area contributed by atoms with E-state index < -0.39 is 11.8 Å². The third-order valence-corrected chi connectivity index (χ3v) is 2.53. The topological polar surface area (TPSA) is 35.5 Å². The fourth-order valence-corrected chi connectivity index (χ4v) is 1.59. The Kier molecular flexibility index (Phi) is 4.08. The number of methoxy groups -OCH3 is 1. The summed E-state index contributed by atoms with van der Waals surface area (Å²) in [5.41, 5.74) is 0.0688. The van der Waals surface area contributed by atoms with Crippen molar-refractivity contribution < 1.29 is 18.7 Å². The molecule has 0 bridgehead atoms. The molecule has 0 fully saturated rings. The predicted octanol–water partition coefficient (Wildman–Crippen LogP) is 2.77. The molecule has 0 amide bonds. The minimum absolute atomic E-state index is 0.0558. The summed E-state index contributed by atoms with van der Waals surface area (Å²) in [6, 6.07) is 2.60. The molecule has 0 aliphatic heterocycles. The second-order valence-corrected chi connectivity index (χ2v) is 3.45. The Morgan fingerprint density at radius 2 is 2.20 bits per heavy atom. The monoisotopic (exact) mass is 276 g/mol. The van der Waals surface area contributed by atoms with Crippen LogP contribution in [0.15, 0.2) is 16.6 Å². The summed E-state index contributed by atoms with van der Waals surface area (Å²) in [6.45, 7) is 1.91. The van der Waals surface area contributed by atoms with Gasteiger partial charge in [0, 0.05) is 0 Å². The molecule has 0 unspecified atom stereocenters. The van der Waals surface area contributed by atoms with E-state index >= 15 is 0 Å². The standard InChI is InChI=1S/C10H10BrFO3/c1-3-15-10(13)8-7(14-2)5-4-6(12)9(8)11/h4-5H,3H2,1-2H3. The van der Waals surface area contributed by atoms with E-state index in [-0.39, 0.29) is 22.4 Å². The van der Waals surface area contributed by atoms with Crippen molar-refractivity contribution in [3.05, 3.63) is 28.0 Å². The molecule has 15 heavy (non-hydrogen) atoms. The van der Waals surface area contributed by atoms with Crippen LogP contribution in [-0.4, -0.2) is 19.7 Å². The highest BCUT2D eigenvalue weighted by Gasteiger charge is 2.20. The fraction of sp³-hybridized carbons (Fsp3) is 0.300. The Morgan fingerprint density at radius 1 is 1.53 bits per heavy atom. The van der Waals surface area contributed by atoms with Gasteiger partial charge in [-0.15, -0.1) is 0 Å². The molecule has 82 valence electrons. The van der Waals surface area contributed by atoms with Gasteiger partial charge in [0.2, 0.25) is 0 Å². The van der Waals surface area contributed by atoms with Crippen LogP contribution in [0.4, 0.5) is 4.39 Å². The molecular weight excluding hydrogens is 267 g/mol. The van der Waals surface area contributed by atoms with Gasteiger partial charge in [-0.3, -0.25) is 0 Å². The number of halogens is 2. The van der Waals surface area contributed by atoms with E-state index in [9.17, 15) is 9.18 Å². The van der Waals surface area contributed by atoms with Crippen molar-refractivity contribution in [1.82, 2.24) is 0 Å². The maximum Gasteiger partial charge on any atom is 0.343 e. The average Bonchev–Trinajstić information content (AvgIpc) is 2.22. The van der Waals surface area contributed by atoms with Crippen molar-refractivity contribution in [3.63, 3.8) is 0 Å². The van der Waals surface area contributed by atoms with Crippen molar-refractivity contribution in [1.29, 1.82) is 0 Å². The smallest absolute Gasteiger partial charge is 0.343 e. The minimum Gasteiger partial charge on any atom is -0.496 e. The van der Waals surface area contributed by atoms with Gasteiger partial charge >= 0.3 is 5.97 Å². The van der Waals surface area contributed by atoms with Crippen LogP contribution in [0.1, 0.15) is 17.3 Å². The zero-order chi connectivity index (χ0) is 11.4. The zero-order valence-corrected chi connectivity index (χ0v) is 9.93. The molecule has 0 N–H and O–H groups in total. The molecule has 1 rings (SSSR count). The SMILES string of the molecule is CCOC(=O)c1c(OC)ccc(F)c1Br. The lowest BCUT2D eigenvalue weighted by Crippen LogP contribution is -2.08. The molecule has 0 aliphatic carbocycles. The Bertz CT molecular complexity index is 379. The van der Waals surface area contributed by atoms with Crippen LogP contribution in [0.3, 0.4) is 0 Å². The molecule has 3 nitrogen and oxygen atoms in total. The van der Waals surface area contributed by atoms with E-state index in [1.807, 2.05) is 0 Å². The maximum absolute atomic E-state index is 13.2. The number of hydrogen-bond donors (Lipinski definition) is 0. The van der Waals surface area contributed by atoms with E-state index in [1.165, 1.54) is 19.2 Å². The number of benzene rings is 1. The molecule has 5 heteroatoms. The largest absolute Gasteiger partial charge is 0.496 e. The number of hydrogen-bond acceptors (Lipinski definition) is 3. The van der Waals surface area contributed by atoms with Gasteiger partial charge in [0.25, 0.3) is 0 Å². The minimum atomic E-state index is -0.610. The molecule has 0 saturated heterocycles. The summed E-state index contributed by atoms with van der Waals surface area (Å²) in [5.74, 6) is -0.860. The lowest BCUT2D eigenvalue weighted by atomic mass is 10.2. The Morgan fingerprint density at radius 3 is 2.73 bits per heavy atom. The summed E-state index contributed by atoms with van der Waals surface area (Å²) < 4.78 is 23.0. The highest BCUT2D eigenvalue weighted by molar-refractivity contribution is 9.10. The number of ether oxygens (including phenoxy) is 2. The molecule has 1 aromatic carbocycles. The normalized spacial score (nSPS) is 9.87. The van der Waals surface area contributed by atoms with E-state index in [0.29, 0.717) is 0 Å². The van der Waals surface area contributed by atoms with E-state index in [0.717, 1.165) is 0 Å². The molecule has 0 saturated carbocycles. The van der Waals surface area contributed by atoms with Gasteiger partial charge in [0.1, 0.15) is 17.1 Å². The van der Waals surface area contributed by atoms with E-state index in [2.05, 4.69) is 15.9 Å². The molecule has 0 aliphatic rings. The number of esters is 1. The van der Waals surface area contributed by atoms with E-state index in [1.54, 1.807) is 6.92 Å². The van der Waals surface area contributed by atoms with Crippen molar-refractivity contribution in [2.75, 3.05) is 13.7 Å². The number of carbonyl (C=O) groups is 1. The molecular formula is C10H10BrFO3. The molecule has 0 radical (unpaired) electrons. The quantitative estimate of drug-likeness (QED) is 0.797. The summed E-state index contributed by atoms with van der Waals surface area (Å²) in [4.78, 5) is 11.5. The van der Waals surface area contributed by atoms with Crippen LogP contribution in [-0.2, 0) is 4.74 Å². The van der Waals surface area contributed by atoms with Gasteiger partial charge in [-0.1, -0.05) is 0 Å². The van der Waals surface area contributed by atoms with Gasteiger partial charge in [0.15, 0.2) is 0 Å². The van der Waals surface area contributed by atoms with Crippen LogP contribution in [0.5, 0.6) is 5.75 Å². The first-order valence-electron chi connectivity index (χ1n) is 4.31. The molecule has 0 aromatic heterocycles. The Balaban J connectivity index is 3.23. The van der Waals surface area contributed by atoms with Gasteiger partial charge in [-0.05, 0) is 35.0 Å². The Labute approximate surface area is 95.3 Å². The third kappa shape index (κ3) is 2.47. The van der Waals surface area contributed by atoms with Crippen molar-refractivity contribution in [2.45, 2.75) is 6.92 Å². The molecule has 0 atom stereocenters. The molecule has 1 aromatic rings. The lowest BCUT2D eigenvalue weighted by Gasteiger charge is -2.09. The first-order chi connectivity index (χ1) is 7.11. The maximum atomic E-state index is 13.2. The van der Waals surface area contributed by atoms with Gasteiger partial charge in [-0.2, -0.15) is 0 Å². The van der Waals surface area contributed by atoms with Crippen LogP contribution in [0.2, 0.25) is 0 Å². The first-order valence-corrected chi connectivity index (χ1v) is 5.10. The summed E-state index contributed by atoms with van der Waals surface area (Å²) in [7, 11) is 1.41. The third-order valence-electron chi connectivity index (χ3n) is 1.76. The highest BCUT2D eigenvalue weighted by Crippen LogP contribution is 2.29. The average molecular weight is 277 g/mol. The fourth-order valence-electron chi connectivity index (χ4n) is 1.10. The predicted molar refractivity (Wildman–Crippen MR) is 56.6 cm³/mol. The molecule has 0 spiro atoms. The summed E-state index contributed by atoms with van der Waals surface area (Å²) in [5, 5.41) is 0. The van der Waals surface area contributed by atoms with Gasteiger partial charge in [-0.25, -0.2) is 9.18 Å². The van der Waals surface area contributed by atoms with Crippen LogP contribution in [0.25, 0.3) is 0 Å². The van der Waals surface area contributed by atoms with E-state index in [4.69, 9.17) is 9.47 Å². The van der Waals surface area contributed by atoms with Crippen LogP contribution >= 0.6 is 15.9 Å². The van der Waals surface area contributed by atoms with Crippen LogP contribution in [0, 0.1) is 5.82 Å². The number of rotatable bonds is 3.